The van der Waals surface area contributed by atoms with Gasteiger partial charge in [-0.3, -0.25) is 0 Å². The summed E-state index contributed by atoms with van der Waals surface area (Å²) < 4.78 is 15.1. The Labute approximate surface area is 118 Å². The number of hydrogen-bond donors (Lipinski definition) is 3. The molecule has 2 aliphatic heterocycles. The Hall–Kier alpha value is -0.990. The zero-order valence-electron chi connectivity index (χ0n) is 11.6. The molecule has 0 aromatic heterocycles. The van der Waals surface area contributed by atoms with Gasteiger partial charge in [-0.1, -0.05) is 6.58 Å². The smallest absolute Gasteiger partial charge is 0.327 e. The summed E-state index contributed by atoms with van der Waals surface area (Å²) in [5, 5.41) is 23.8. The zero-order chi connectivity index (χ0) is 15.2. The highest BCUT2D eigenvalue weighted by atomic mass is 16.6. The molecule has 2 rings (SSSR count). The van der Waals surface area contributed by atoms with Crippen LogP contribution in [0, 0.1) is 0 Å². The zero-order valence-corrected chi connectivity index (χ0v) is 11.6. The second kappa shape index (κ2) is 13.0. The highest BCUT2D eigenvalue weighted by Crippen LogP contribution is 2.12. The van der Waals surface area contributed by atoms with Crippen molar-refractivity contribution in [1.82, 2.24) is 0 Å². The predicted octanol–water partition coefficient (Wildman–Crippen LogP) is -0.191. The topological polar surface area (TPSA) is 112 Å². The Morgan fingerprint density at radius 1 is 1.15 bits per heavy atom. The summed E-state index contributed by atoms with van der Waals surface area (Å²) in [7, 11) is 0. The first-order valence-electron chi connectivity index (χ1n) is 6.52. The molecule has 0 aliphatic carbocycles. The fourth-order valence-electron chi connectivity index (χ4n) is 0.883. The summed E-state index contributed by atoms with van der Waals surface area (Å²) in [5.74, 6) is -0.981. The van der Waals surface area contributed by atoms with Crippen LogP contribution in [0.3, 0.4) is 0 Å². The van der Waals surface area contributed by atoms with Crippen LogP contribution in [0.4, 0.5) is 0 Å². The van der Waals surface area contributed by atoms with E-state index in [9.17, 15) is 4.79 Å². The van der Waals surface area contributed by atoms with E-state index in [4.69, 9.17) is 29.5 Å². The number of carboxylic acid groups (broad SMARTS) is 1. The maximum absolute atomic E-state index is 9.25. The number of carboxylic acids is 1. The van der Waals surface area contributed by atoms with Crippen molar-refractivity contribution in [3.8, 4) is 0 Å². The van der Waals surface area contributed by atoms with Crippen LogP contribution < -0.4 is 0 Å². The lowest BCUT2D eigenvalue weighted by Gasteiger charge is -1.95. The van der Waals surface area contributed by atoms with Crippen molar-refractivity contribution in [3.63, 3.8) is 0 Å². The van der Waals surface area contributed by atoms with E-state index in [1.165, 1.54) is 0 Å². The summed E-state index contributed by atoms with van der Waals surface area (Å²) in [6.45, 7) is 6.61. The van der Waals surface area contributed by atoms with E-state index in [1.54, 1.807) is 0 Å². The summed E-state index contributed by atoms with van der Waals surface area (Å²) in [6.07, 6.45) is 3.06. The molecular weight excluding hydrogens is 268 g/mol. The van der Waals surface area contributed by atoms with Gasteiger partial charge in [-0.2, -0.15) is 0 Å². The monoisotopic (exact) mass is 292 g/mol. The number of rotatable bonds is 8. The summed E-state index contributed by atoms with van der Waals surface area (Å²) in [4.78, 5) is 9.25. The fourth-order valence-corrected chi connectivity index (χ4v) is 0.883. The van der Waals surface area contributed by atoms with Crippen LogP contribution in [-0.2, 0) is 19.0 Å². The van der Waals surface area contributed by atoms with Gasteiger partial charge in [-0.15, -0.1) is 0 Å². The lowest BCUT2D eigenvalue weighted by molar-refractivity contribution is -0.131. The Morgan fingerprint density at radius 2 is 1.50 bits per heavy atom. The van der Waals surface area contributed by atoms with Crippen molar-refractivity contribution in [2.75, 3.05) is 39.6 Å². The minimum Gasteiger partial charge on any atom is -0.478 e. The summed E-state index contributed by atoms with van der Waals surface area (Å²) in [5.41, 5.74) is 0. The van der Waals surface area contributed by atoms with Gasteiger partial charge in [0.2, 0.25) is 0 Å². The van der Waals surface area contributed by atoms with Gasteiger partial charge < -0.3 is 29.5 Å². The number of carbonyl (C=O) groups is 1. The molecule has 0 spiro atoms. The van der Waals surface area contributed by atoms with Gasteiger partial charge in [-0.25, -0.2) is 4.79 Å². The van der Waals surface area contributed by atoms with Gasteiger partial charge in [0.15, 0.2) is 0 Å². The van der Waals surface area contributed by atoms with Crippen LogP contribution in [0.15, 0.2) is 12.7 Å². The molecule has 0 amide bonds. The minimum absolute atomic E-state index is 0.195. The molecule has 7 nitrogen and oxygen atoms in total. The number of aliphatic hydroxyl groups excluding tert-OH is 2. The van der Waals surface area contributed by atoms with Crippen LogP contribution in [0.1, 0.15) is 12.8 Å². The van der Waals surface area contributed by atoms with Crippen LogP contribution in [0.5, 0.6) is 0 Å². The van der Waals surface area contributed by atoms with Crippen molar-refractivity contribution >= 4 is 5.97 Å². The summed E-state index contributed by atoms with van der Waals surface area (Å²) >= 11 is 0. The van der Waals surface area contributed by atoms with Crippen molar-refractivity contribution in [1.29, 1.82) is 0 Å². The Morgan fingerprint density at radius 3 is 1.70 bits per heavy atom. The molecule has 2 unspecified atom stereocenters. The molecule has 0 bridgehead atoms. The molecule has 0 aromatic rings. The SMILES string of the molecule is C(OCC1CO1)C1CO1.C=CC(=O)O.OCCCCO. The minimum atomic E-state index is -0.981. The van der Waals surface area contributed by atoms with E-state index in [1.807, 2.05) is 0 Å². The van der Waals surface area contributed by atoms with Crippen molar-refractivity contribution < 1.29 is 34.3 Å². The van der Waals surface area contributed by atoms with Gasteiger partial charge >= 0.3 is 5.97 Å². The first kappa shape index (κ1) is 19.0. The molecule has 2 atom stereocenters. The maximum Gasteiger partial charge on any atom is 0.327 e. The number of epoxide rings is 2. The number of unbranched alkanes of at least 4 members (excludes halogenated alkanes) is 1. The third-order valence-electron chi connectivity index (χ3n) is 2.15. The molecular formula is C13H24O7. The van der Waals surface area contributed by atoms with Gasteiger partial charge in [0, 0.05) is 19.3 Å². The second-order valence-electron chi connectivity index (χ2n) is 4.14. The van der Waals surface area contributed by atoms with Gasteiger partial charge in [-0.05, 0) is 12.8 Å². The Bertz CT molecular complexity index is 233. The first-order chi connectivity index (χ1) is 9.63. The largest absolute Gasteiger partial charge is 0.478 e. The average Bonchev–Trinajstić information content (AvgIpc) is 3.32. The van der Waals surface area contributed by atoms with Crippen LogP contribution in [0.2, 0.25) is 0 Å². The van der Waals surface area contributed by atoms with Crippen molar-refractivity contribution in [3.05, 3.63) is 12.7 Å². The normalized spacial score (nSPS) is 21.7. The second-order valence-corrected chi connectivity index (χ2v) is 4.14. The van der Waals surface area contributed by atoms with E-state index in [0.717, 1.165) is 45.3 Å². The Kier molecular flexibility index (Phi) is 12.4. The molecule has 2 saturated heterocycles. The van der Waals surface area contributed by atoms with E-state index < -0.39 is 5.97 Å². The number of ether oxygens (including phenoxy) is 3. The third kappa shape index (κ3) is 17.0. The Balaban J connectivity index is 0.000000291. The van der Waals surface area contributed by atoms with E-state index in [2.05, 4.69) is 6.58 Å². The van der Waals surface area contributed by atoms with Gasteiger partial charge in [0.25, 0.3) is 0 Å². The van der Waals surface area contributed by atoms with Crippen LogP contribution in [-0.4, -0.2) is 73.1 Å². The summed E-state index contributed by atoms with van der Waals surface area (Å²) in [6, 6.07) is 0. The molecule has 0 aromatic carbocycles. The van der Waals surface area contributed by atoms with E-state index in [0.29, 0.717) is 12.2 Å². The molecule has 118 valence electrons. The predicted molar refractivity (Wildman–Crippen MR) is 71.5 cm³/mol. The molecule has 2 heterocycles. The molecule has 0 saturated carbocycles. The molecule has 3 N–H and O–H groups in total. The lowest BCUT2D eigenvalue weighted by Crippen LogP contribution is -2.06. The maximum atomic E-state index is 9.25. The first-order valence-corrected chi connectivity index (χ1v) is 6.52. The number of hydrogen-bond acceptors (Lipinski definition) is 6. The van der Waals surface area contributed by atoms with E-state index >= 15 is 0 Å². The average molecular weight is 292 g/mol. The molecule has 20 heavy (non-hydrogen) atoms. The van der Waals surface area contributed by atoms with Crippen LogP contribution >= 0.6 is 0 Å². The number of aliphatic carboxylic acids is 1. The fraction of sp³-hybridized carbons (Fsp3) is 0.769. The number of aliphatic hydroxyl groups is 2. The van der Waals surface area contributed by atoms with Gasteiger partial charge in [0.1, 0.15) is 12.2 Å². The van der Waals surface area contributed by atoms with Crippen molar-refractivity contribution in [2.24, 2.45) is 0 Å². The standard InChI is InChI=1S/C6H10O3.C4H10O2.C3H4O2/c1(5-3-8-5)7-2-6-4-9-6;5-3-1-2-4-6;1-2-3(4)5/h5-6H,1-4H2;5-6H,1-4H2;2H,1H2,(H,4,5). The van der Waals surface area contributed by atoms with Crippen molar-refractivity contribution in [2.45, 2.75) is 25.0 Å². The lowest BCUT2D eigenvalue weighted by atomic mass is 10.3. The highest BCUT2D eigenvalue weighted by Gasteiger charge is 2.26. The van der Waals surface area contributed by atoms with Gasteiger partial charge in [0.05, 0.1) is 26.4 Å². The quantitative estimate of drug-likeness (QED) is 0.323. The highest BCUT2D eigenvalue weighted by molar-refractivity contribution is 5.78. The van der Waals surface area contributed by atoms with E-state index in [-0.39, 0.29) is 13.2 Å². The third-order valence-corrected chi connectivity index (χ3v) is 2.15. The molecule has 2 aliphatic rings. The molecule has 0 radical (unpaired) electrons. The van der Waals surface area contributed by atoms with Crippen LogP contribution in [0.25, 0.3) is 0 Å². The molecule has 7 heteroatoms. The molecule has 2 fully saturated rings.